The van der Waals surface area contributed by atoms with Gasteiger partial charge in [-0.25, -0.2) is 4.98 Å². The smallest absolute Gasteiger partial charge is 0.256 e. The lowest BCUT2D eigenvalue weighted by Gasteiger charge is -2.12. The Hall–Kier alpha value is -2.98. The van der Waals surface area contributed by atoms with Crippen molar-refractivity contribution in [3.63, 3.8) is 0 Å². The largest absolute Gasteiger partial charge is 0.322 e. The zero-order valence-corrected chi connectivity index (χ0v) is 17.9. The van der Waals surface area contributed by atoms with Crippen molar-refractivity contribution < 1.29 is 4.79 Å². The van der Waals surface area contributed by atoms with Crippen LogP contribution in [-0.2, 0) is 0 Å². The molecule has 1 amide bonds. The molecule has 1 heterocycles. The summed E-state index contributed by atoms with van der Waals surface area (Å²) >= 11 is 3.51. The minimum Gasteiger partial charge on any atom is -0.322 e. The first kappa shape index (κ1) is 19.3. The third kappa shape index (κ3) is 4.22. The normalized spacial score (nSPS) is 11.0. The molecule has 0 saturated heterocycles. The molecule has 29 heavy (non-hydrogen) atoms. The van der Waals surface area contributed by atoms with Crippen molar-refractivity contribution in [3.8, 4) is 11.3 Å². The van der Waals surface area contributed by atoms with E-state index in [0.29, 0.717) is 11.5 Å². The zero-order chi connectivity index (χ0) is 20.4. The van der Waals surface area contributed by atoms with Crippen LogP contribution in [0.2, 0.25) is 0 Å². The first-order chi connectivity index (χ1) is 14.0. The number of nitrogens with zero attached hydrogens (tertiary/aromatic N) is 1. The number of pyridine rings is 1. The van der Waals surface area contributed by atoms with E-state index < -0.39 is 0 Å². The molecule has 4 heteroatoms. The van der Waals surface area contributed by atoms with E-state index in [9.17, 15) is 4.79 Å². The second kappa shape index (κ2) is 8.18. The highest BCUT2D eigenvalue weighted by atomic mass is 79.9. The SMILES string of the molecule is CC(C)c1ccc(NC(=O)c2cc(-c3cccc(Br)c3)nc3ccccc23)cc1. The van der Waals surface area contributed by atoms with Gasteiger partial charge in [-0.1, -0.05) is 72.2 Å². The zero-order valence-electron chi connectivity index (χ0n) is 16.3. The van der Waals surface area contributed by atoms with Crippen molar-refractivity contribution >= 4 is 38.4 Å². The number of carbonyl (C=O) groups is 1. The number of para-hydroxylation sites is 1. The summed E-state index contributed by atoms with van der Waals surface area (Å²) in [6.45, 7) is 4.31. The van der Waals surface area contributed by atoms with E-state index in [1.165, 1.54) is 5.56 Å². The van der Waals surface area contributed by atoms with Crippen LogP contribution in [0.3, 0.4) is 0 Å². The Labute approximate surface area is 178 Å². The maximum atomic E-state index is 13.1. The van der Waals surface area contributed by atoms with Crippen molar-refractivity contribution in [1.29, 1.82) is 0 Å². The van der Waals surface area contributed by atoms with Crippen LogP contribution in [0.1, 0.15) is 35.7 Å². The number of amides is 1. The minimum atomic E-state index is -0.142. The molecule has 0 aliphatic carbocycles. The summed E-state index contributed by atoms with van der Waals surface area (Å²) in [5.74, 6) is 0.314. The molecule has 144 valence electrons. The highest BCUT2D eigenvalue weighted by Gasteiger charge is 2.14. The van der Waals surface area contributed by atoms with Crippen molar-refractivity contribution in [1.82, 2.24) is 4.98 Å². The number of carbonyl (C=O) groups excluding carboxylic acids is 1. The molecule has 4 rings (SSSR count). The Morgan fingerprint density at radius 2 is 1.69 bits per heavy atom. The Kier molecular flexibility index (Phi) is 5.45. The lowest BCUT2D eigenvalue weighted by molar-refractivity contribution is 0.102. The predicted octanol–water partition coefficient (Wildman–Crippen LogP) is 7.04. The number of benzene rings is 3. The first-order valence-corrected chi connectivity index (χ1v) is 10.4. The lowest BCUT2D eigenvalue weighted by atomic mass is 10.0. The third-order valence-corrected chi connectivity index (χ3v) is 5.41. The highest BCUT2D eigenvalue weighted by Crippen LogP contribution is 2.27. The fraction of sp³-hybridized carbons (Fsp3) is 0.120. The summed E-state index contributed by atoms with van der Waals surface area (Å²) in [4.78, 5) is 17.9. The quantitative estimate of drug-likeness (QED) is 0.366. The average Bonchev–Trinajstić information content (AvgIpc) is 2.73. The van der Waals surface area contributed by atoms with Gasteiger partial charge in [-0.05, 0) is 47.9 Å². The van der Waals surface area contributed by atoms with Gasteiger partial charge in [-0.2, -0.15) is 0 Å². The predicted molar refractivity (Wildman–Crippen MR) is 123 cm³/mol. The molecule has 0 aliphatic heterocycles. The Morgan fingerprint density at radius 3 is 2.41 bits per heavy atom. The van der Waals surface area contributed by atoms with Gasteiger partial charge < -0.3 is 5.32 Å². The highest BCUT2D eigenvalue weighted by molar-refractivity contribution is 9.10. The molecule has 0 radical (unpaired) electrons. The molecule has 0 fully saturated rings. The van der Waals surface area contributed by atoms with Crippen molar-refractivity contribution in [3.05, 3.63) is 94.5 Å². The molecule has 3 aromatic carbocycles. The van der Waals surface area contributed by atoms with Gasteiger partial charge in [0.2, 0.25) is 0 Å². The van der Waals surface area contributed by atoms with Crippen LogP contribution in [0, 0.1) is 0 Å². The van der Waals surface area contributed by atoms with Gasteiger partial charge in [0.25, 0.3) is 5.91 Å². The molecule has 4 aromatic rings. The second-order valence-corrected chi connectivity index (χ2v) is 8.23. The van der Waals surface area contributed by atoms with E-state index >= 15 is 0 Å². The summed E-state index contributed by atoms with van der Waals surface area (Å²) < 4.78 is 0.973. The number of rotatable bonds is 4. The second-order valence-electron chi connectivity index (χ2n) is 7.31. The maximum absolute atomic E-state index is 13.1. The molecular formula is C25H21BrN2O. The Morgan fingerprint density at radius 1 is 0.931 bits per heavy atom. The minimum absolute atomic E-state index is 0.142. The van der Waals surface area contributed by atoms with Crippen molar-refractivity contribution in [2.75, 3.05) is 5.32 Å². The summed E-state index contributed by atoms with van der Waals surface area (Å²) in [6, 6.07) is 25.5. The van der Waals surface area contributed by atoms with Gasteiger partial charge >= 0.3 is 0 Å². The van der Waals surface area contributed by atoms with Crippen LogP contribution in [0.25, 0.3) is 22.2 Å². The summed E-state index contributed by atoms with van der Waals surface area (Å²) in [7, 11) is 0. The standard InChI is InChI=1S/C25H21BrN2O/c1-16(2)17-10-12-20(13-11-17)27-25(29)22-15-24(18-6-5-7-19(26)14-18)28-23-9-4-3-8-21(22)23/h3-16H,1-2H3,(H,27,29). The van der Waals surface area contributed by atoms with Crippen LogP contribution in [0.4, 0.5) is 5.69 Å². The number of hydrogen-bond donors (Lipinski definition) is 1. The van der Waals surface area contributed by atoms with Crippen LogP contribution in [-0.4, -0.2) is 10.9 Å². The molecule has 1 aromatic heterocycles. The number of anilines is 1. The van der Waals surface area contributed by atoms with Gasteiger partial charge in [0.15, 0.2) is 0 Å². The lowest BCUT2D eigenvalue weighted by Crippen LogP contribution is -2.13. The third-order valence-electron chi connectivity index (χ3n) is 4.92. The fourth-order valence-electron chi connectivity index (χ4n) is 3.31. The van der Waals surface area contributed by atoms with Crippen LogP contribution in [0.15, 0.2) is 83.3 Å². The van der Waals surface area contributed by atoms with Gasteiger partial charge in [-0.3, -0.25) is 4.79 Å². The van der Waals surface area contributed by atoms with E-state index in [-0.39, 0.29) is 5.91 Å². The molecular weight excluding hydrogens is 424 g/mol. The molecule has 0 atom stereocenters. The van der Waals surface area contributed by atoms with Crippen LogP contribution >= 0.6 is 15.9 Å². The van der Waals surface area contributed by atoms with Crippen LogP contribution < -0.4 is 5.32 Å². The van der Waals surface area contributed by atoms with Gasteiger partial charge in [0.05, 0.1) is 16.8 Å². The van der Waals surface area contributed by atoms with E-state index in [1.54, 1.807) is 0 Å². The summed E-state index contributed by atoms with van der Waals surface area (Å²) in [6.07, 6.45) is 0. The first-order valence-electron chi connectivity index (χ1n) is 9.58. The number of halogens is 1. The van der Waals surface area contributed by atoms with E-state index in [0.717, 1.165) is 32.3 Å². The molecule has 3 nitrogen and oxygen atoms in total. The topological polar surface area (TPSA) is 42.0 Å². The fourth-order valence-corrected chi connectivity index (χ4v) is 3.71. The Balaban J connectivity index is 1.74. The van der Waals surface area contributed by atoms with E-state index in [1.807, 2.05) is 66.7 Å². The number of aromatic nitrogens is 1. The van der Waals surface area contributed by atoms with Gasteiger partial charge in [-0.15, -0.1) is 0 Å². The summed E-state index contributed by atoms with van der Waals surface area (Å²) in [5, 5.41) is 3.87. The molecule has 0 bridgehead atoms. The number of fused-ring (bicyclic) bond motifs is 1. The monoisotopic (exact) mass is 444 g/mol. The van der Waals surface area contributed by atoms with Crippen LogP contribution in [0.5, 0.6) is 0 Å². The number of nitrogens with one attached hydrogen (secondary N) is 1. The van der Waals surface area contributed by atoms with E-state index in [4.69, 9.17) is 4.98 Å². The molecule has 0 saturated carbocycles. The molecule has 0 aliphatic rings. The summed E-state index contributed by atoms with van der Waals surface area (Å²) in [5.41, 5.74) is 5.16. The van der Waals surface area contributed by atoms with Gasteiger partial charge in [0, 0.05) is 21.1 Å². The van der Waals surface area contributed by atoms with E-state index in [2.05, 4.69) is 47.2 Å². The number of hydrogen-bond acceptors (Lipinski definition) is 2. The maximum Gasteiger partial charge on any atom is 0.256 e. The van der Waals surface area contributed by atoms with Crippen molar-refractivity contribution in [2.24, 2.45) is 0 Å². The Bertz CT molecular complexity index is 1180. The molecule has 0 unspecified atom stereocenters. The average molecular weight is 445 g/mol. The van der Waals surface area contributed by atoms with Gasteiger partial charge in [0.1, 0.15) is 0 Å². The van der Waals surface area contributed by atoms with Crippen molar-refractivity contribution in [2.45, 2.75) is 19.8 Å². The molecule has 0 spiro atoms. The molecule has 1 N–H and O–H groups in total.